The highest BCUT2D eigenvalue weighted by Crippen LogP contribution is 2.22. The summed E-state index contributed by atoms with van der Waals surface area (Å²) in [6, 6.07) is 18.1. The van der Waals surface area contributed by atoms with Crippen LogP contribution in [0.3, 0.4) is 0 Å². The Hall–Kier alpha value is -1.84. The van der Waals surface area contributed by atoms with E-state index in [1.807, 2.05) is 42.5 Å². The zero-order valence-corrected chi connectivity index (χ0v) is 10.8. The largest absolute Gasteiger partial charge is 0.493 e. The van der Waals surface area contributed by atoms with Crippen molar-refractivity contribution < 1.29 is 9.84 Å². The van der Waals surface area contributed by atoms with Crippen molar-refractivity contribution in [2.75, 3.05) is 13.2 Å². The Morgan fingerprint density at radius 1 is 0.947 bits per heavy atom. The van der Waals surface area contributed by atoms with Gasteiger partial charge < -0.3 is 15.6 Å². The molecule has 0 saturated carbocycles. The van der Waals surface area contributed by atoms with Crippen molar-refractivity contribution in [3.05, 3.63) is 54.6 Å². The summed E-state index contributed by atoms with van der Waals surface area (Å²) in [5.41, 5.74) is 7.68. The second-order valence-corrected chi connectivity index (χ2v) is 4.42. The van der Waals surface area contributed by atoms with Gasteiger partial charge in [-0.2, -0.15) is 0 Å². The quantitative estimate of drug-likeness (QED) is 0.835. The number of aliphatic hydroxyl groups is 1. The zero-order chi connectivity index (χ0) is 13.5. The van der Waals surface area contributed by atoms with Gasteiger partial charge in [0.25, 0.3) is 0 Å². The van der Waals surface area contributed by atoms with Crippen LogP contribution in [-0.2, 0) is 0 Å². The summed E-state index contributed by atoms with van der Waals surface area (Å²) in [5, 5.41) is 9.32. The van der Waals surface area contributed by atoms with Crippen LogP contribution >= 0.6 is 0 Å². The smallest absolute Gasteiger partial charge is 0.119 e. The first-order valence-corrected chi connectivity index (χ1v) is 6.46. The van der Waals surface area contributed by atoms with Crippen LogP contribution < -0.4 is 10.5 Å². The third-order valence-corrected chi connectivity index (χ3v) is 2.95. The standard InChI is InChI=1S/C16H19NO2/c17-12-15(18)10-11-19-16-8-6-14(7-9-16)13-4-2-1-3-5-13/h1-9,15,18H,10-12,17H2. The maximum atomic E-state index is 9.32. The molecule has 0 amide bonds. The number of hydrogen-bond donors (Lipinski definition) is 2. The van der Waals surface area contributed by atoms with Gasteiger partial charge in [0.15, 0.2) is 0 Å². The van der Waals surface area contributed by atoms with Crippen molar-refractivity contribution in [3.63, 3.8) is 0 Å². The fourth-order valence-electron chi connectivity index (χ4n) is 1.80. The Morgan fingerprint density at radius 2 is 1.58 bits per heavy atom. The Morgan fingerprint density at radius 3 is 2.21 bits per heavy atom. The Labute approximate surface area is 113 Å². The van der Waals surface area contributed by atoms with Crippen molar-refractivity contribution in [2.45, 2.75) is 12.5 Å². The first kappa shape index (κ1) is 13.6. The number of benzene rings is 2. The van der Waals surface area contributed by atoms with E-state index in [2.05, 4.69) is 12.1 Å². The van der Waals surface area contributed by atoms with Gasteiger partial charge in [0.1, 0.15) is 5.75 Å². The lowest BCUT2D eigenvalue weighted by molar-refractivity contribution is 0.146. The molecule has 2 rings (SSSR count). The van der Waals surface area contributed by atoms with Gasteiger partial charge in [0.2, 0.25) is 0 Å². The molecule has 0 aliphatic carbocycles. The molecule has 0 spiro atoms. The summed E-state index contributed by atoms with van der Waals surface area (Å²) in [6.45, 7) is 0.749. The number of aliphatic hydroxyl groups excluding tert-OH is 1. The van der Waals surface area contributed by atoms with Gasteiger partial charge in [0, 0.05) is 13.0 Å². The lowest BCUT2D eigenvalue weighted by Crippen LogP contribution is -2.21. The summed E-state index contributed by atoms with van der Waals surface area (Å²) in [4.78, 5) is 0. The van der Waals surface area contributed by atoms with Gasteiger partial charge in [0.05, 0.1) is 12.7 Å². The molecule has 3 nitrogen and oxygen atoms in total. The van der Waals surface area contributed by atoms with Crippen LogP contribution in [0.5, 0.6) is 5.75 Å². The van der Waals surface area contributed by atoms with Crippen LogP contribution in [0.15, 0.2) is 54.6 Å². The van der Waals surface area contributed by atoms with Crippen molar-refractivity contribution in [3.8, 4) is 16.9 Å². The molecule has 0 aliphatic heterocycles. The normalized spacial score (nSPS) is 12.1. The zero-order valence-electron chi connectivity index (χ0n) is 10.8. The first-order chi connectivity index (χ1) is 9.29. The molecular weight excluding hydrogens is 238 g/mol. The average Bonchev–Trinajstić information content (AvgIpc) is 2.48. The van der Waals surface area contributed by atoms with Crippen LogP contribution in [0.1, 0.15) is 6.42 Å². The number of rotatable bonds is 6. The fraction of sp³-hybridized carbons (Fsp3) is 0.250. The van der Waals surface area contributed by atoms with Crippen molar-refractivity contribution in [1.29, 1.82) is 0 Å². The van der Waals surface area contributed by atoms with Gasteiger partial charge >= 0.3 is 0 Å². The number of hydrogen-bond acceptors (Lipinski definition) is 3. The van der Waals surface area contributed by atoms with Crippen LogP contribution in [0.25, 0.3) is 11.1 Å². The molecule has 0 bridgehead atoms. The van der Waals surface area contributed by atoms with E-state index < -0.39 is 6.10 Å². The summed E-state index contributed by atoms with van der Waals surface area (Å²) >= 11 is 0. The fourth-order valence-corrected chi connectivity index (χ4v) is 1.80. The SMILES string of the molecule is NCC(O)CCOc1ccc(-c2ccccc2)cc1. The molecule has 3 N–H and O–H groups in total. The molecule has 19 heavy (non-hydrogen) atoms. The molecule has 0 fully saturated rings. The maximum absolute atomic E-state index is 9.32. The van der Waals surface area contributed by atoms with Gasteiger partial charge in [-0.05, 0) is 23.3 Å². The third kappa shape index (κ3) is 4.09. The van der Waals surface area contributed by atoms with E-state index in [1.54, 1.807) is 0 Å². The minimum atomic E-state index is -0.483. The van der Waals surface area contributed by atoms with Gasteiger partial charge in [-0.1, -0.05) is 42.5 Å². The minimum Gasteiger partial charge on any atom is -0.493 e. The van der Waals surface area contributed by atoms with Crippen molar-refractivity contribution in [2.24, 2.45) is 5.73 Å². The predicted octanol–water partition coefficient (Wildman–Crippen LogP) is 2.44. The van der Waals surface area contributed by atoms with Crippen LogP contribution in [0, 0.1) is 0 Å². The molecule has 100 valence electrons. The summed E-state index contributed by atoms with van der Waals surface area (Å²) < 4.78 is 5.55. The van der Waals surface area contributed by atoms with Crippen LogP contribution in [-0.4, -0.2) is 24.4 Å². The summed E-state index contributed by atoms with van der Waals surface area (Å²) in [5.74, 6) is 0.809. The minimum absolute atomic E-state index is 0.274. The molecule has 0 radical (unpaired) electrons. The van der Waals surface area contributed by atoms with E-state index in [1.165, 1.54) is 5.56 Å². The number of ether oxygens (including phenoxy) is 1. The van der Waals surface area contributed by atoms with E-state index in [0.717, 1.165) is 11.3 Å². The monoisotopic (exact) mass is 257 g/mol. The van der Waals surface area contributed by atoms with Gasteiger partial charge in [-0.15, -0.1) is 0 Å². The van der Waals surface area contributed by atoms with E-state index in [4.69, 9.17) is 10.5 Å². The molecule has 0 aromatic heterocycles. The molecule has 0 saturated heterocycles. The maximum Gasteiger partial charge on any atom is 0.119 e. The molecule has 0 heterocycles. The topological polar surface area (TPSA) is 55.5 Å². The molecule has 1 atom stereocenters. The van der Waals surface area contributed by atoms with Gasteiger partial charge in [-0.25, -0.2) is 0 Å². The molecule has 1 unspecified atom stereocenters. The summed E-state index contributed by atoms with van der Waals surface area (Å²) in [7, 11) is 0. The lowest BCUT2D eigenvalue weighted by atomic mass is 10.1. The predicted molar refractivity (Wildman–Crippen MR) is 77.1 cm³/mol. The van der Waals surface area contributed by atoms with E-state index in [9.17, 15) is 5.11 Å². The Balaban J connectivity index is 1.92. The molecule has 3 heteroatoms. The van der Waals surface area contributed by atoms with Crippen molar-refractivity contribution in [1.82, 2.24) is 0 Å². The van der Waals surface area contributed by atoms with E-state index >= 15 is 0 Å². The Kier molecular flexibility index (Phi) is 4.95. The first-order valence-electron chi connectivity index (χ1n) is 6.46. The average molecular weight is 257 g/mol. The van der Waals surface area contributed by atoms with Crippen LogP contribution in [0.4, 0.5) is 0 Å². The second kappa shape index (κ2) is 6.92. The number of nitrogens with two attached hydrogens (primary N) is 1. The highest BCUT2D eigenvalue weighted by molar-refractivity contribution is 5.63. The molecular formula is C16H19NO2. The molecule has 0 aliphatic rings. The highest BCUT2D eigenvalue weighted by Gasteiger charge is 2.02. The van der Waals surface area contributed by atoms with E-state index in [-0.39, 0.29) is 6.54 Å². The summed E-state index contributed by atoms with van der Waals surface area (Å²) in [6.07, 6.45) is 0.0697. The van der Waals surface area contributed by atoms with Crippen molar-refractivity contribution >= 4 is 0 Å². The third-order valence-electron chi connectivity index (χ3n) is 2.95. The molecule has 2 aromatic rings. The van der Waals surface area contributed by atoms with E-state index in [0.29, 0.717) is 13.0 Å². The molecule has 2 aromatic carbocycles. The second-order valence-electron chi connectivity index (χ2n) is 4.42. The van der Waals surface area contributed by atoms with Crippen LogP contribution in [0.2, 0.25) is 0 Å². The highest BCUT2D eigenvalue weighted by atomic mass is 16.5. The lowest BCUT2D eigenvalue weighted by Gasteiger charge is -2.10. The van der Waals surface area contributed by atoms with Gasteiger partial charge in [-0.3, -0.25) is 0 Å². The Bertz CT molecular complexity index is 482.